The van der Waals surface area contributed by atoms with Gasteiger partial charge in [-0.15, -0.1) is 0 Å². The van der Waals surface area contributed by atoms with Gasteiger partial charge in [-0.2, -0.15) is 0 Å². The van der Waals surface area contributed by atoms with Crippen LogP contribution in [-0.2, 0) is 0 Å². The van der Waals surface area contributed by atoms with Gasteiger partial charge in [0, 0.05) is 9.79 Å². The van der Waals surface area contributed by atoms with E-state index >= 15 is 0 Å². The SMILES string of the molecule is COc1ccc(-c2ccccc2SSc2ccccc2-c2ccc(OC)cc2)cc1. The van der Waals surface area contributed by atoms with Crippen LogP contribution < -0.4 is 9.47 Å². The normalized spacial score (nSPS) is 10.6. The molecule has 0 bridgehead atoms. The van der Waals surface area contributed by atoms with Gasteiger partial charge in [-0.3, -0.25) is 0 Å². The van der Waals surface area contributed by atoms with Crippen molar-refractivity contribution in [2.45, 2.75) is 9.79 Å². The molecule has 0 saturated carbocycles. The Morgan fingerprint density at radius 2 is 0.833 bits per heavy atom. The molecule has 30 heavy (non-hydrogen) atoms. The summed E-state index contributed by atoms with van der Waals surface area (Å²) in [6, 6.07) is 33.5. The molecule has 0 amide bonds. The fourth-order valence-corrected chi connectivity index (χ4v) is 5.60. The van der Waals surface area contributed by atoms with Gasteiger partial charge in [-0.05, 0) is 58.7 Å². The van der Waals surface area contributed by atoms with Gasteiger partial charge in [-0.25, -0.2) is 0 Å². The van der Waals surface area contributed by atoms with Crippen LogP contribution in [0.5, 0.6) is 11.5 Å². The van der Waals surface area contributed by atoms with E-state index < -0.39 is 0 Å². The summed E-state index contributed by atoms with van der Waals surface area (Å²) in [4.78, 5) is 2.47. The molecule has 4 rings (SSSR count). The molecule has 2 nitrogen and oxygen atoms in total. The van der Waals surface area contributed by atoms with E-state index in [2.05, 4.69) is 72.8 Å². The van der Waals surface area contributed by atoms with E-state index in [4.69, 9.17) is 9.47 Å². The molecule has 0 N–H and O–H groups in total. The fourth-order valence-electron chi connectivity index (χ4n) is 3.19. The third kappa shape index (κ3) is 4.66. The molecular formula is C26H22O2S2. The van der Waals surface area contributed by atoms with Gasteiger partial charge in [0.1, 0.15) is 11.5 Å². The van der Waals surface area contributed by atoms with Crippen molar-refractivity contribution in [3.63, 3.8) is 0 Å². The second-order valence-corrected chi connectivity index (χ2v) is 8.83. The lowest BCUT2D eigenvalue weighted by atomic mass is 10.1. The summed E-state index contributed by atoms with van der Waals surface area (Å²) < 4.78 is 10.6. The lowest BCUT2D eigenvalue weighted by Crippen LogP contribution is -1.85. The van der Waals surface area contributed by atoms with E-state index in [-0.39, 0.29) is 0 Å². The molecule has 0 fully saturated rings. The van der Waals surface area contributed by atoms with Crippen LogP contribution in [-0.4, -0.2) is 14.2 Å². The Morgan fingerprint density at radius 1 is 0.467 bits per heavy atom. The van der Waals surface area contributed by atoms with Crippen LogP contribution in [0.15, 0.2) is 107 Å². The van der Waals surface area contributed by atoms with E-state index in [1.807, 2.05) is 24.3 Å². The highest BCUT2D eigenvalue weighted by atomic mass is 33.1. The van der Waals surface area contributed by atoms with Gasteiger partial charge in [0.2, 0.25) is 0 Å². The van der Waals surface area contributed by atoms with E-state index in [9.17, 15) is 0 Å². The average molecular weight is 431 g/mol. The van der Waals surface area contributed by atoms with Gasteiger partial charge in [0.05, 0.1) is 14.2 Å². The Morgan fingerprint density at radius 3 is 1.20 bits per heavy atom. The van der Waals surface area contributed by atoms with Gasteiger partial charge in [0.25, 0.3) is 0 Å². The van der Waals surface area contributed by atoms with Crippen molar-refractivity contribution in [3.8, 4) is 33.8 Å². The molecule has 0 spiro atoms. The van der Waals surface area contributed by atoms with E-state index in [1.54, 1.807) is 35.8 Å². The van der Waals surface area contributed by atoms with E-state index in [0.29, 0.717) is 0 Å². The maximum absolute atomic E-state index is 5.29. The van der Waals surface area contributed by atoms with Crippen LogP contribution in [0.3, 0.4) is 0 Å². The van der Waals surface area contributed by atoms with Gasteiger partial charge in [-0.1, -0.05) is 82.3 Å². The summed E-state index contributed by atoms with van der Waals surface area (Å²) in [6.45, 7) is 0. The summed E-state index contributed by atoms with van der Waals surface area (Å²) in [5.74, 6) is 1.73. The summed E-state index contributed by atoms with van der Waals surface area (Å²) in [5, 5.41) is 0. The smallest absolute Gasteiger partial charge is 0.118 e. The first-order valence-corrected chi connectivity index (χ1v) is 11.7. The molecule has 4 aromatic rings. The highest BCUT2D eigenvalue weighted by Gasteiger charge is 2.10. The molecule has 4 heteroatoms. The molecule has 4 aromatic carbocycles. The van der Waals surface area contributed by atoms with Crippen LogP contribution in [0.25, 0.3) is 22.3 Å². The predicted molar refractivity (Wildman–Crippen MR) is 129 cm³/mol. The molecule has 0 atom stereocenters. The van der Waals surface area contributed by atoms with Gasteiger partial charge < -0.3 is 9.47 Å². The highest BCUT2D eigenvalue weighted by molar-refractivity contribution is 8.76. The number of hydrogen-bond donors (Lipinski definition) is 0. The first kappa shape index (κ1) is 20.5. The van der Waals surface area contributed by atoms with Crippen molar-refractivity contribution < 1.29 is 9.47 Å². The zero-order valence-corrected chi connectivity index (χ0v) is 18.5. The minimum atomic E-state index is 0.867. The minimum Gasteiger partial charge on any atom is -0.497 e. The summed E-state index contributed by atoms with van der Waals surface area (Å²) in [6.07, 6.45) is 0. The van der Waals surface area contributed by atoms with Crippen LogP contribution in [0, 0.1) is 0 Å². The van der Waals surface area contributed by atoms with Crippen molar-refractivity contribution in [3.05, 3.63) is 97.1 Å². The van der Waals surface area contributed by atoms with E-state index in [0.717, 1.165) is 11.5 Å². The first-order valence-electron chi connectivity index (χ1n) is 9.60. The maximum atomic E-state index is 5.29. The third-order valence-corrected chi connectivity index (χ3v) is 7.28. The molecule has 0 aliphatic heterocycles. The second kappa shape index (κ2) is 9.79. The molecule has 150 valence electrons. The topological polar surface area (TPSA) is 18.5 Å². The van der Waals surface area contributed by atoms with Crippen LogP contribution in [0.1, 0.15) is 0 Å². The lowest BCUT2D eigenvalue weighted by Gasteiger charge is -2.12. The molecule has 0 aromatic heterocycles. The van der Waals surface area contributed by atoms with Crippen molar-refractivity contribution in [1.82, 2.24) is 0 Å². The summed E-state index contributed by atoms with van der Waals surface area (Å²) in [5.41, 5.74) is 4.81. The Bertz CT molecular complexity index is 1020. The Hall–Kier alpha value is -2.82. The van der Waals surface area contributed by atoms with Crippen molar-refractivity contribution in [2.75, 3.05) is 14.2 Å². The molecule has 0 unspecified atom stereocenters. The van der Waals surface area contributed by atoms with Crippen molar-refractivity contribution in [1.29, 1.82) is 0 Å². The van der Waals surface area contributed by atoms with Crippen LogP contribution in [0.4, 0.5) is 0 Å². The summed E-state index contributed by atoms with van der Waals surface area (Å²) >= 11 is 0. The number of benzene rings is 4. The standard InChI is InChI=1S/C26H22O2S2/c1-27-21-15-11-19(12-16-21)23-7-3-5-9-25(23)29-30-26-10-6-4-8-24(26)20-13-17-22(28-2)18-14-20/h3-18H,1-2H3. The molecule has 0 aliphatic rings. The Kier molecular flexibility index (Phi) is 6.67. The average Bonchev–Trinajstić information content (AvgIpc) is 2.83. The highest BCUT2D eigenvalue weighted by Crippen LogP contribution is 2.45. The molecule has 0 saturated heterocycles. The number of hydrogen-bond acceptors (Lipinski definition) is 4. The zero-order valence-electron chi connectivity index (χ0n) is 16.9. The van der Waals surface area contributed by atoms with Gasteiger partial charge in [0.15, 0.2) is 0 Å². The van der Waals surface area contributed by atoms with Gasteiger partial charge >= 0.3 is 0 Å². The first-order chi connectivity index (χ1) is 14.8. The number of methoxy groups -OCH3 is 2. The minimum absolute atomic E-state index is 0.867. The van der Waals surface area contributed by atoms with E-state index in [1.165, 1.54) is 32.0 Å². The lowest BCUT2D eigenvalue weighted by molar-refractivity contribution is 0.415. The van der Waals surface area contributed by atoms with Crippen molar-refractivity contribution in [2.24, 2.45) is 0 Å². The predicted octanol–water partition coefficient (Wildman–Crippen LogP) is 7.84. The Labute approximate surface area is 185 Å². The largest absolute Gasteiger partial charge is 0.497 e. The second-order valence-electron chi connectivity index (χ2n) is 6.62. The molecule has 0 aliphatic carbocycles. The van der Waals surface area contributed by atoms with Crippen LogP contribution >= 0.6 is 21.6 Å². The number of rotatable bonds is 7. The summed E-state index contributed by atoms with van der Waals surface area (Å²) in [7, 11) is 6.94. The fraction of sp³-hybridized carbons (Fsp3) is 0.0769. The quantitative estimate of drug-likeness (QED) is 0.278. The Balaban J connectivity index is 1.59. The number of ether oxygens (including phenoxy) is 2. The monoisotopic (exact) mass is 430 g/mol. The van der Waals surface area contributed by atoms with Crippen LogP contribution in [0.2, 0.25) is 0 Å². The zero-order chi connectivity index (χ0) is 20.8. The molecule has 0 radical (unpaired) electrons. The van der Waals surface area contributed by atoms with Crippen molar-refractivity contribution >= 4 is 21.6 Å². The maximum Gasteiger partial charge on any atom is 0.118 e. The third-order valence-electron chi connectivity index (χ3n) is 4.80. The molecular weight excluding hydrogens is 408 g/mol. The molecule has 0 heterocycles.